The Balaban J connectivity index is 1.88. The lowest BCUT2D eigenvalue weighted by molar-refractivity contribution is -0.142. The number of carbonyl (C=O) groups excluding carboxylic acids is 2. The van der Waals surface area contributed by atoms with Gasteiger partial charge in [-0.15, -0.1) is 0 Å². The molecule has 26 heavy (non-hydrogen) atoms. The Morgan fingerprint density at radius 3 is 2.54 bits per heavy atom. The van der Waals surface area contributed by atoms with Gasteiger partial charge in [0.15, 0.2) is 0 Å². The van der Waals surface area contributed by atoms with E-state index in [0.29, 0.717) is 41.5 Å². The fourth-order valence-electron chi connectivity index (χ4n) is 2.66. The van der Waals surface area contributed by atoms with Crippen LogP contribution in [0, 0.1) is 5.92 Å². The van der Waals surface area contributed by atoms with Crippen molar-refractivity contribution < 1.29 is 19.5 Å². The van der Waals surface area contributed by atoms with Crippen LogP contribution in [0.1, 0.15) is 25.3 Å². The molecule has 1 saturated heterocycles. The first kappa shape index (κ1) is 20.3. The number of rotatable bonds is 5. The van der Waals surface area contributed by atoms with E-state index in [1.54, 1.807) is 29.2 Å². The molecule has 1 aliphatic rings. The molecule has 0 aromatic heterocycles. The Bertz CT molecular complexity index is 728. The Morgan fingerprint density at radius 2 is 1.92 bits per heavy atom. The van der Waals surface area contributed by atoms with Gasteiger partial charge in [-0.2, -0.15) is 0 Å². The molecule has 2 rings (SSSR count). The summed E-state index contributed by atoms with van der Waals surface area (Å²) in [5, 5.41) is 12.3. The van der Waals surface area contributed by atoms with Crippen molar-refractivity contribution in [3.8, 4) is 0 Å². The second-order valence-corrected chi connectivity index (χ2v) is 7.01. The highest BCUT2D eigenvalue weighted by atomic mass is 35.5. The van der Waals surface area contributed by atoms with Crippen LogP contribution >= 0.6 is 23.2 Å². The van der Waals surface area contributed by atoms with Gasteiger partial charge in [0.05, 0.1) is 0 Å². The molecule has 1 unspecified atom stereocenters. The normalized spacial score (nSPS) is 16.5. The standard InChI is InChI=1S/C18H20Cl2N2O4/c1-11(18(25)26)21-17(24)12-6-8-22(9-7-12)16(23)5-2-13-10-14(19)3-4-15(13)20/h2-5,10-12H,6-9H2,1H3,(H,21,24)(H,25,26). The molecule has 2 N–H and O–H groups in total. The second-order valence-electron chi connectivity index (χ2n) is 6.17. The number of nitrogens with one attached hydrogen (secondary N) is 1. The second kappa shape index (κ2) is 9.05. The van der Waals surface area contributed by atoms with Crippen LogP contribution < -0.4 is 5.32 Å². The van der Waals surface area contributed by atoms with Crippen LogP contribution in [0.5, 0.6) is 0 Å². The Labute approximate surface area is 161 Å². The van der Waals surface area contributed by atoms with Crippen molar-refractivity contribution in [1.29, 1.82) is 0 Å². The van der Waals surface area contributed by atoms with Crippen molar-refractivity contribution in [3.63, 3.8) is 0 Å². The molecule has 6 nitrogen and oxygen atoms in total. The molecular formula is C18H20Cl2N2O4. The summed E-state index contributed by atoms with van der Waals surface area (Å²) >= 11 is 12.0. The van der Waals surface area contributed by atoms with Crippen molar-refractivity contribution in [1.82, 2.24) is 10.2 Å². The molecule has 140 valence electrons. The summed E-state index contributed by atoms with van der Waals surface area (Å²) in [7, 11) is 0. The van der Waals surface area contributed by atoms with Crippen LogP contribution in [0.3, 0.4) is 0 Å². The number of carbonyl (C=O) groups is 3. The van der Waals surface area contributed by atoms with Gasteiger partial charge in [0, 0.05) is 35.1 Å². The lowest BCUT2D eigenvalue weighted by atomic mass is 9.95. The Morgan fingerprint density at radius 1 is 1.27 bits per heavy atom. The molecule has 1 aromatic rings. The van der Waals surface area contributed by atoms with Gasteiger partial charge < -0.3 is 15.3 Å². The van der Waals surface area contributed by atoms with Gasteiger partial charge in [0.25, 0.3) is 0 Å². The highest BCUT2D eigenvalue weighted by molar-refractivity contribution is 6.34. The van der Waals surface area contributed by atoms with Crippen LogP contribution in [-0.4, -0.2) is 46.9 Å². The average Bonchev–Trinajstić information content (AvgIpc) is 2.62. The number of likely N-dealkylation sites (tertiary alicyclic amines) is 1. The number of hydrogen-bond acceptors (Lipinski definition) is 3. The molecule has 8 heteroatoms. The predicted molar refractivity (Wildman–Crippen MR) is 100 cm³/mol. The van der Waals surface area contributed by atoms with Crippen molar-refractivity contribution in [2.24, 2.45) is 5.92 Å². The summed E-state index contributed by atoms with van der Waals surface area (Å²) in [6.07, 6.45) is 4.04. The van der Waals surface area contributed by atoms with E-state index in [-0.39, 0.29) is 17.7 Å². The fourth-order valence-corrected chi connectivity index (χ4v) is 3.02. The zero-order valence-electron chi connectivity index (χ0n) is 14.2. The molecule has 0 bridgehead atoms. The molecule has 0 saturated carbocycles. The summed E-state index contributed by atoms with van der Waals surface area (Å²) in [6.45, 7) is 2.29. The zero-order chi connectivity index (χ0) is 19.3. The Kier molecular flexibility index (Phi) is 7.06. The summed E-state index contributed by atoms with van der Waals surface area (Å²) in [4.78, 5) is 36.8. The number of carboxylic acids is 1. The van der Waals surface area contributed by atoms with Gasteiger partial charge in [0.2, 0.25) is 11.8 Å². The minimum Gasteiger partial charge on any atom is -0.480 e. The molecule has 0 aliphatic carbocycles. The fraction of sp³-hybridized carbons (Fsp3) is 0.389. The smallest absolute Gasteiger partial charge is 0.325 e. The lowest BCUT2D eigenvalue weighted by Crippen LogP contribution is -2.46. The maximum absolute atomic E-state index is 12.3. The minimum absolute atomic E-state index is 0.168. The molecule has 1 atom stereocenters. The predicted octanol–water partition coefficient (Wildman–Crippen LogP) is 2.83. The quantitative estimate of drug-likeness (QED) is 0.746. The molecule has 0 spiro atoms. The lowest BCUT2D eigenvalue weighted by Gasteiger charge is -2.31. The first-order chi connectivity index (χ1) is 12.3. The maximum Gasteiger partial charge on any atom is 0.325 e. The van der Waals surface area contributed by atoms with E-state index in [1.165, 1.54) is 13.0 Å². The van der Waals surface area contributed by atoms with Crippen LogP contribution in [-0.2, 0) is 14.4 Å². The summed E-state index contributed by atoms with van der Waals surface area (Å²) in [5.41, 5.74) is 0.657. The van der Waals surface area contributed by atoms with Crippen LogP contribution in [0.15, 0.2) is 24.3 Å². The van der Waals surface area contributed by atoms with Gasteiger partial charge in [-0.1, -0.05) is 23.2 Å². The van der Waals surface area contributed by atoms with Gasteiger partial charge in [-0.3, -0.25) is 14.4 Å². The van der Waals surface area contributed by atoms with E-state index >= 15 is 0 Å². The topological polar surface area (TPSA) is 86.7 Å². The molecule has 1 aliphatic heterocycles. The third-order valence-corrected chi connectivity index (χ3v) is 4.85. The van der Waals surface area contributed by atoms with E-state index in [1.807, 2.05) is 0 Å². The first-order valence-corrected chi connectivity index (χ1v) is 8.98. The number of benzene rings is 1. The van der Waals surface area contributed by atoms with Crippen LogP contribution in [0.25, 0.3) is 6.08 Å². The molecule has 2 amide bonds. The SMILES string of the molecule is CC(NC(=O)C1CCN(C(=O)C=Cc2cc(Cl)ccc2Cl)CC1)C(=O)O. The van der Waals surface area contributed by atoms with Gasteiger partial charge in [-0.25, -0.2) is 0 Å². The number of piperidine rings is 1. The third-order valence-electron chi connectivity index (χ3n) is 4.27. The first-order valence-electron chi connectivity index (χ1n) is 8.23. The minimum atomic E-state index is -1.07. The molecular weight excluding hydrogens is 379 g/mol. The van der Waals surface area contributed by atoms with E-state index in [9.17, 15) is 14.4 Å². The van der Waals surface area contributed by atoms with Crippen molar-refractivity contribution in [2.45, 2.75) is 25.8 Å². The van der Waals surface area contributed by atoms with Gasteiger partial charge in [0.1, 0.15) is 6.04 Å². The van der Waals surface area contributed by atoms with Crippen molar-refractivity contribution in [2.75, 3.05) is 13.1 Å². The number of amides is 2. The summed E-state index contributed by atoms with van der Waals surface area (Å²) < 4.78 is 0. The molecule has 1 fully saturated rings. The maximum atomic E-state index is 12.3. The van der Waals surface area contributed by atoms with Crippen LogP contribution in [0.4, 0.5) is 0 Å². The summed E-state index contributed by atoms with van der Waals surface area (Å²) in [5.74, 6) is -1.81. The Hall–Kier alpha value is -2.05. The average molecular weight is 399 g/mol. The number of halogens is 2. The molecule has 1 aromatic carbocycles. The number of aliphatic carboxylic acids is 1. The monoisotopic (exact) mass is 398 g/mol. The van der Waals surface area contributed by atoms with E-state index in [0.717, 1.165) is 0 Å². The number of carboxylic acid groups (broad SMARTS) is 1. The number of nitrogens with zero attached hydrogens (tertiary/aromatic N) is 1. The number of hydrogen-bond donors (Lipinski definition) is 2. The third kappa shape index (κ3) is 5.47. The largest absolute Gasteiger partial charge is 0.480 e. The molecule has 1 heterocycles. The van der Waals surface area contributed by atoms with Crippen LogP contribution in [0.2, 0.25) is 10.0 Å². The van der Waals surface area contributed by atoms with E-state index in [2.05, 4.69) is 5.32 Å². The van der Waals surface area contributed by atoms with Crippen molar-refractivity contribution in [3.05, 3.63) is 39.9 Å². The van der Waals surface area contributed by atoms with Crippen molar-refractivity contribution >= 4 is 47.1 Å². The van der Waals surface area contributed by atoms with Gasteiger partial charge >= 0.3 is 5.97 Å². The zero-order valence-corrected chi connectivity index (χ0v) is 15.8. The highest BCUT2D eigenvalue weighted by Gasteiger charge is 2.28. The highest BCUT2D eigenvalue weighted by Crippen LogP contribution is 2.22. The van der Waals surface area contributed by atoms with E-state index in [4.69, 9.17) is 28.3 Å². The van der Waals surface area contributed by atoms with Gasteiger partial charge in [-0.05, 0) is 49.6 Å². The molecule has 0 radical (unpaired) electrons. The van der Waals surface area contributed by atoms with E-state index < -0.39 is 12.0 Å². The summed E-state index contributed by atoms with van der Waals surface area (Å²) in [6, 6.07) is 4.08.